The Kier molecular flexibility index (Phi) is 4.62. The number of hydrogen-bond acceptors (Lipinski definition) is 4. The van der Waals surface area contributed by atoms with Gasteiger partial charge in [-0.15, -0.1) is 0 Å². The molecule has 1 aliphatic rings. The molecule has 2 aromatic heterocycles. The van der Waals surface area contributed by atoms with Gasteiger partial charge in [0.2, 0.25) is 0 Å². The van der Waals surface area contributed by atoms with E-state index in [9.17, 15) is 0 Å². The fourth-order valence-electron chi connectivity index (χ4n) is 2.80. The second kappa shape index (κ2) is 6.83. The molecular weight excluding hydrogens is 264 g/mol. The molecule has 1 saturated heterocycles. The van der Waals surface area contributed by atoms with Gasteiger partial charge in [0.15, 0.2) is 0 Å². The molecule has 3 heterocycles. The summed E-state index contributed by atoms with van der Waals surface area (Å²) in [4.78, 5) is 4.33. The molecule has 2 aromatic rings. The zero-order valence-electron chi connectivity index (χ0n) is 12.4. The van der Waals surface area contributed by atoms with Crippen LogP contribution in [0.3, 0.4) is 0 Å². The summed E-state index contributed by atoms with van der Waals surface area (Å²) in [6, 6.07) is 6.00. The Balaban J connectivity index is 1.54. The van der Waals surface area contributed by atoms with Crippen LogP contribution in [0.1, 0.15) is 30.7 Å². The lowest BCUT2D eigenvalue weighted by molar-refractivity contribution is 0.0903. The van der Waals surface area contributed by atoms with Gasteiger partial charge in [0, 0.05) is 50.1 Å². The molecule has 5 heteroatoms. The smallest absolute Gasteiger partial charge is 0.0896 e. The summed E-state index contributed by atoms with van der Waals surface area (Å²) >= 11 is 0. The Morgan fingerprint density at radius 3 is 3.14 bits per heavy atom. The minimum Gasteiger partial charge on any atom is -0.373 e. The number of aryl methyl sites for hydroxylation is 1. The van der Waals surface area contributed by atoms with E-state index in [1.54, 1.807) is 0 Å². The van der Waals surface area contributed by atoms with Crippen LogP contribution in [0.5, 0.6) is 0 Å². The summed E-state index contributed by atoms with van der Waals surface area (Å²) in [7, 11) is 0. The molecular formula is C16H22N4O. The maximum Gasteiger partial charge on any atom is 0.0896 e. The van der Waals surface area contributed by atoms with Gasteiger partial charge < -0.3 is 10.1 Å². The van der Waals surface area contributed by atoms with E-state index in [0.717, 1.165) is 38.4 Å². The number of rotatable bonds is 6. The number of aromatic nitrogens is 3. The fraction of sp³-hybridized carbons (Fsp3) is 0.500. The van der Waals surface area contributed by atoms with Crippen molar-refractivity contribution in [3.63, 3.8) is 0 Å². The standard InChI is InChI=1S/C16H22N4O/c1-2-20-12-14(10-19-20)16-13(6-8-21-16)9-17-11-15-5-3-4-7-18-15/h3-5,7,10,12-13,16-17H,2,6,8-9,11H2,1H3/t13-,16+/m0/s1. The van der Waals surface area contributed by atoms with Gasteiger partial charge in [-0.05, 0) is 25.5 Å². The molecule has 21 heavy (non-hydrogen) atoms. The van der Waals surface area contributed by atoms with Crippen molar-refractivity contribution in [3.05, 3.63) is 48.0 Å². The molecule has 0 radical (unpaired) electrons. The van der Waals surface area contributed by atoms with Crippen LogP contribution in [-0.2, 0) is 17.8 Å². The third-order valence-electron chi connectivity index (χ3n) is 3.96. The second-order valence-corrected chi connectivity index (χ2v) is 5.42. The van der Waals surface area contributed by atoms with Crippen LogP contribution in [0.15, 0.2) is 36.8 Å². The Labute approximate surface area is 125 Å². The van der Waals surface area contributed by atoms with Gasteiger partial charge in [0.05, 0.1) is 18.0 Å². The van der Waals surface area contributed by atoms with Gasteiger partial charge in [-0.25, -0.2) is 0 Å². The third-order valence-corrected chi connectivity index (χ3v) is 3.96. The number of nitrogens with zero attached hydrogens (tertiary/aromatic N) is 3. The fourth-order valence-corrected chi connectivity index (χ4v) is 2.80. The highest BCUT2D eigenvalue weighted by molar-refractivity contribution is 5.11. The summed E-state index contributed by atoms with van der Waals surface area (Å²) in [6.45, 7) is 5.57. The van der Waals surface area contributed by atoms with E-state index in [1.807, 2.05) is 35.3 Å². The molecule has 112 valence electrons. The van der Waals surface area contributed by atoms with E-state index >= 15 is 0 Å². The molecule has 0 spiro atoms. The van der Waals surface area contributed by atoms with Crippen molar-refractivity contribution in [3.8, 4) is 0 Å². The lowest BCUT2D eigenvalue weighted by Crippen LogP contribution is -2.24. The van der Waals surface area contributed by atoms with Crippen LogP contribution in [0, 0.1) is 5.92 Å². The molecule has 1 fully saturated rings. The molecule has 0 saturated carbocycles. The molecule has 0 unspecified atom stereocenters. The van der Waals surface area contributed by atoms with E-state index in [4.69, 9.17) is 4.74 Å². The minimum absolute atomic E-state index is 0.168. The predicted octanol–water partition coefficient (Wildman–Crippen LogP) is 2.17. The van der Waals surface area contributed by atoms with Gasteiger partial charge >= 0.3 is 0 Å². The summed E-state index contributed by atoms with van der Waals surface area (Å²) < 4.78 is 7.86. The molecule has 0 amide bonds. The minimum atomic E-state index is 0.168. The summed E-state index contributed by atoms with van der Waals surface area (Å²) in [5, 5.41) is 7.84. The molecule has 3 rings (SSSR count). The number of hydrogen-bond donors (Lipinski definition) is 1. The summed E-state index contributed by atoms with van der Waals surface area (Å²) in [6.07, 6.45) is 7.13. The monoisotopic (exact) mass is 286 g/mol. The molecule has 5 nitrogen and oxygen atoms in total. The van der Waals surface area contributed by atoms with Crippen LogP contribution < -0.4 is 5.32 Å². The second-order valence-electron chi connectivity index (χ2n) is 5.42. The van der Waals surface area contributed by atoms with Crippen LogP contribution in [0.25, 0.3) is 0 Å². The average Bonchev–Trinajstić information content (AvgIpc) is 3.16. The maximum atomic E-state index is 5.90. The molecule has 0 bridgehead atoms. The number of ether oxygens (including phenoxy) is 1. The zero-order valence-corrected chi connectivity index (χ0v) is 12.4. The Morgan fingerprint density at radius 1 is 1.43 bits per heavy atom. The quantitative estimate of drug-likeness (QED) is 0.884. The van der Waals surface area contributed by atoms with E-state index in [0.29, 0.717) is 5.92 Å². The Bertz CT molecular complexity index is 554. The van der Waals surface area contributed by atoms with Crippen molar-refractivity contribution in [1.82, 2.24) is 20.1 Å². The zero-order chi connectivity index (χ0) is 14.5. The van der Waals surface area contributed by atoms with Gasteiger partial charge in [-0.1, -0.05) is 6.07 Å². The normalized spacial score (nSPS) is 21.8. The Morgan fingerprint density at radius 2 is 2.38 bits per heavy atom. The van der Waals surface area contributed by atoms with Crippen molar-refractivity contribution >= 4 is 0 Å². The maximum absolute atomic E-state index is 5.90. The predicted molar refractivity (Wildman–Crippen MR) is 80.6 cm³/mol. The highest BCUT2D eigenvalue weighted by Crippen LogP contribution is 2.33. The molecule has 0 aromatic carbocycles. The summed E-state index contributed by atoms with van der Waals surface area (Å²) in [5.41, 5.74) is 2.27. The lowest BCUT2D eigenvalue weighted by atomic mass is 9.97. The van der Waals surface area contributed by atoms with Crippen molar-refractivity contribution in [2.45, 2.75) is 32.5 Å². The summed E-state index contributed by atoms with van der Waals surface area (Å²) in [5.74, 6) is 0.503. The lowest BCUT2D eigenvalue weighted by Gasteiger charge is -2.17. The number of pyridine rings is 1. The third kappa shape index (κ3) is 3.49. The van der Waals surface area contributed by atoms with Crippen LogP contribution in [0.4, 0.5) is 0 Å². The van der Waals surface area contributed by atoms with Crippen molar-refractivity contribution in [2.75, 3.05) is 13.2 Å². The van der Waals surface area contributed by atoms with E-state index in [2.05, 4.69) is 28.5 Å². The topological polar surface area (TPSA) is 52.0 Å². The number of nitrogens with one attached hydrogen (secondary N) is 1. The van der Waals surface area contributed by atoms with Gasteiger partial charge in [0.25, 0.3) is 0 Å². The largest absolute Gasteiger partial charge is 0.373 e. The van der Waals surface area contributed by atoms with Gasteiger partial charge in [-0.3, -0.25) is 9.67 Å². The molecule has 2 atom stereocenters. The van der Waals surface area contributed by atoms with E-state index < -0.39 is 0 Å². The van der Waals surface area contributed by atoms with Crippen LogP contribution in [0.2, 0.25) is 0 Å². The molecule has 1 aliphatic heterocycles. The van der Waals surface area contributed by atoms with Crippen LogP contribution >= 0.6 is 0 Å². The van der Waals surface area contributed by atoms with E-state index in [1.165, 1.54) is 5.56 Å². The van der Waals surface area contributed by atoms with Crippen molar-refractivity contribution in [1.29, 1.82) is 0 Å². The van der Waals surface area contributed by atoms with Crippen molar-refractivity contribution < 1.29 is 4.74 Å². The first-order valence-corrected chi connectivity index (χ1v) is 7.61. The first kappa shape index (κ1) is 14.2. The van der Waals surface area contributed by atoms with E-state index in [-0.39, 0.29) is 6.10 Å². The average molecular weight is 286 g/mol. The highest BCUT2D eigenvalue weighted by Gasteiger charge is 2.30. The Hall–Kier alpha value is -1.72. The SMILES string of the molecule is CCn1cc([C@@H]2OCC[C@H]2CNCc2ccccn2)cn1. The van der Waals surface area contributed by atoms with Gasteiger partial charge in [0.1, 0.15) is 0 Å². The first-order valence-electron chi connectivity index (χ1n) is 7.61. The van der Waals surface area contributed by atoms with Crippen molar-refractivity contribution in [2.24, 2.45) is 5.92 Å². The molecule has 0 aliphatic carbocycles. The highest BCUT2D eigenvalue weighted by atomic mass is 16.5. The molecule has 1 N–H and O–H groups in total. The first-order chi connectivity index (χ1) is 10.4. The van der Waals surface area contributed by atoms with Crippen LogP contribution in [-0.4, -0.2) is 27.9 Å². The van der Waals surface area contributed by atoms with Gasteiger partial charge in [-0.2, -0.15) is 5.10 Å².